The zero-order valence-electron chi connectivity index (χ0n) is 8.08. The van der Waals surface area contributed by atoms with Gasteiger partial charge in [-0.2, -0.15) is 0 Å². The smallest absolute Gasteiger partial charge is 0.0145 e. The number of aryl methyl sites for hydroxylation is 1. The van der Waals surface area contributed by atoms with Gasteiger partial charge >= 0.3 is 0 Å². The fourth-order valence-electron chi connectivity index (χ4n) is 1.29. The van der Waals surface area contributed by atoms with Crippen LogP contribution in [0.25, 0.3) is 0 Å². The van der Waals surface area contributed by atoms with Crippen LogP contribution >= 0.6 is 11.8 Å². The van der Waals surface area contributed by atoms with E-state index in [1.165, 1.54) is 16.9 Å². The maximum absolute atomic E-state index is 2.31. The molecule has 0 saturated heterocycles. The third kappa shape index (κ3) is 2.16. The van der Waals surface area contributed by atoms with Crippen LogP contribution in [0.5, 0.6) is 0 Å². The Bertz CT molecular complexity index is 339. The van der Waals surface area contributed by atoms with Crippen LogP contribution in [-0.2, 0) is 0 Å². The Kier molecular flexibility index (Phi) is 2.45. The minimum absolute atomic E-state index is 0.844. The minimum Gasteiger partial charge on any atom is -0.0978 e. The molecule has 1 heteroatoms. The van der Waals surface area contributed by atoms with Crippen LogP contribution in [0.4, 0.5) is 0 Å². The molecule has 68 valence electrons. The van der Waals surface area contributed by atoms with E-state index in [0.717, 1.165) is 5.92 Å². The van der Waals surface area contributed by atoms with Crippen LogP contribution in [0.1, 0.15) is 18.9 Å². The molecule has 2 rings (SSSR count). The van der Waals surface area contributed by atoms with Gasteiger partial charge in [0.05, 0.1) is 0 Å². The highest BCUT2D eigenvalue weighted by atomic mass is 32.2. The van der Waals surface area contributed by atoms with Gasteiger partial charge in [0.15, 0.2) is 0 Å². The molecule has 0 amide bonds. The zero-order chi connectivity index (χ0) is 9.26. The van der Waals surface area contributed by atoms with Gasteiger partial charge in [-0.1, -0.05) is 42.5 Å². The Balaban J connectivity index is 2.06. The van der Waals surface area contributed by atoms with Crippen LogP contribution in [0.2, 0.25) is 0 Å². The third-order valence-electron chi connectivity index (χ3n) is 2.45. The number of rotatable bonds is 2. The van der Waals surface area contributed by atoms with Crippen molar-refractivity contribution in [3.63, 3.8) is 0 Å². The molecule has 0 bridgehead atoms. The normalized spacial score (nSPS) is 23.5. The standard InChI is InChI=1S/C12H14S/c1-9-5-3-4-6-12(9)13-8-11-7-10(11)2/h3-6,8,10H,7H2,1-2H3. The van der Waals surface area contributed by atoms with Gasteiger partial charge in [0, 0.05) is 4.90 Å². The Labute approximate surface area is 84.0 Å². The molecule has 0 aromatic heterocycles. The molecule has 0 aliphatic heterocycles. The van der Waals surface area contributed by atoms with E-state index in [1.807, 2.05) is 11.8 Å². The average molecular weight is 190 g/mol. The molecule has 1 atom stereocenters. The Morgan fingerprint density at radius 3 is 2.69 bits per heavy atom. The van der Waals surface area contributed by atoms with Crippen LogP contribution in [-0.4, -0.2) is 0 Å². The molecule has 1 saturated carbocycles. The lowest BCUT2D eigenvalue weighted by Crippen LogP contribution is -1.74. The summed E-state index contributed by atoms with van der Waals surface area (Å²) in [6, 6.07) is 8.54. The first-order valence-corrected chi connectivity index (χ1v) is 5.56. The Morgan fingerprint density at radius 2 is 2.08 bits per heavy atom. The van der Waals surface area contributed by atoms with Crippen molar-refractivity contribution < 1.29 is 0 Å². The van der Waals surface area contributed by atoms with E-state index < -0.39 is 0 Å². The van der Waals surface area contributed by atoms with Crippen molar-refractivity contribution in [2.45, 2.75) is 25.2 Å². The fourth-order valence-corrected chi connectivity index (χ4v) is 2.30. The lowest BCUT2D eigenvalue weighted by Gasteiger charge is -1.99. The summed E-state index contributed by atoms with van der Waals surface area (Å²) in [5.74, 6) is 0.844. The van der Waals surface area contributed by atoms with E-state index in [0.29, 0.717) is 0 Å². The second-order valence-electron chi connectivity index (χ2n) is 3.68. The van der Waals surface area contributed by atoms with E-state index in [9.17, 15) is 0 Å². The van der Waals surface area contributed by atoms with Gasteiger partial charge in [-0.25, -0.2) is 0 Å². The summed E-state index contributed by atoms with van der Waals surface area (Å²) in [5.41, 5.74) is 2.98. The van der Waals surface area contributed by atoms with Crippen molar-refractivity contribution >= 4 is 11.8 Å². The Hall–Kier alpha value is -0.690. The van der Waals surface area contributed by atoms with Crippen LogP contribution in [0, 0.1) is 12.8 Å². The highest BCUT2D eigenvalue weighted by molar-refractivity contribution is 8.02. The van der Waals surface area contributed by atoms with E-state index in [1.54, 1.807) is 5.57 Å². The first-order chi connectivity index (χ1) is 6.27. The number of hydrogen-bond donors (Lipinski definition) is 0. The quantitative estimate of drug-likeness (QED) is 0.635. The molecule has 1 aromatic carbocycles. The number of allylic oxidation sites excluding steroid dienone is 1. The molecule has 0 N–H and O–H groups in total. The van der Waals surface area contributed by atoms with Crippen molar-refractivity contribution in [1.82, 2.24) is 0 Å². The van der Waals surface area contributed by atoms with Gasteiger partial charge in [0.1, 0.15) is 0 Å². The summed E-state index contributed by atoms with van der Waals surface area (Å²) in [5, 5.41) is 2.31. The minimum atomic E-state index is 0.844. The molecule has 13 heavy (non-hydrogen) atoms. The van der Waals surface area contributed by atoms with Crippen molar-refractivity contribution in [3.8, 4) is 0 Å². The molecule has 1 aliphatic rings. The SMILES string of the molecule is Cc1ccccc1SC=C1CC1C. The molecule has 1 unspecified atom stereocenters. The molecule has 0 radical (unpaired) electrons. The van der Waals surface area contributed by atoms with Gasteiger partial charge in [-0.15, -0.1) is 0 Å². The zero-order valence-corrected chi connectivity index (χ0v) is 8.90. The van der Waals surface area contributed by atoms with Crippen LogP contribution in [0.15, 0.2) is 40.1 Å². The molecule has 0 nitrogen and oxygen atoms in total. The van der Waals surface area contributed by atoms with Gasteiger partial charge < -0.3 is 0 Å². The summed E-state index contributed by atoms with van der Waals surface area (Å²) in [7, 11) is 0. The maximum atomic E-state index is 2.31. The molecule has 1 aliphatic carbocycles. The predicted octanol–water partition coefficient (Wildman–Crippen LogP) is 4.01. The number of benzene rings is 1. The van der Waals surface area contributed by atoms with Crippen molar-refractivity contribution in [1.29, 1.82) is 0 Å². The first-order valence-electron chi connectivity index (χ1n) is 4.68. The largest absolute Gasteiger partial charge is 0.0978 e. The van der Waals surface area contributed by atoms with E-state index in [4.69, 9.17) is 0 Å². The summed E-state index contributed by atoms with van der Waals surface area (Å²) >= 11 is 1.86. The van der Waals surface area contributed by atoms with E-state index in [-0.39, 0.29) is 0 Å². The highest BCUT2D eigenvalue weighted by Gasteiger charge is 2.23. The molecular formula is C12H14S. The maximum Gasteiger partial charge on any atom is 0.0145 e. The number of thioether (sulfide) groups is 1. The molecular weight excluding hydrogens is 176 g/mol. The molecule has 1 fully saturated rings. The predicted molar refractivity (Wildman–Crippen MR) is 58.9 cm³/mol. The third-order valence-corrected chi connectivity index (χ3v) is 3.58. The van der Waals surface area contributed by atoms with Gasteiger partial charge in [-0.05, 0) is 36.3 Å². The van der Waals surface area contributed by atoms with Gasteiger partial charge in [0.2, 0.25) is 0 Å². The van der Waals surface area contributed by atoms with Gasteiger partial charge in [0.25, 0.3) is 0 Å². The summed E-state index contributed by atoms with van der Waals surface area (Å²) < 4.78 is 0. The van der Waals surface area contributed by atoms with Crippen LogP contribution < -0.4 is 0 Å². The van der Waals surface area contributed by atoms with Crippen LogP contribution in [0.3, 0.4) is 0 Å². The van der Waals surface area contributed by atoms with Gasteiger partial charge in [-0.3, -0.25) is 0 Å². The lowest BCUT2D eigenvalue weighted by molar-refractivity contribution is 1.02. The van der Waals surface area contributed by atoms with Crippen molar-refractivity contribution in [2.75, 3.05) is 0 Å². The highest BCUT2D eigenvalue weighted by Crippen LogP contribution is 2.40. The summed E-state index contributed by atoms with van der Waals surface area (Å²) in [4.78, 5) is 1.38. The van der Waals surface area contributed by atoms with E-state index >= 15 is 0 Å². The molecule has 0 spiro atoms. The van der Waals surface area contributed by atoms with E-state index in [2.05, 4.69) is 43.5 Å². The second kappa shape index (κ2) is 3.59. The topological polar surface area (TPSA) is 0 Å². The van der Waals surface area contributed by atoms with Crippen molar-refractivity contribution in [3.05, 3.63) is 40.8 Å². The number of hydrogen-bond acceptors (Lipinski definition) is 1. The summed E-state index contributed by atoms with van der Waals surface area (Å²) in [6.07, 6.45) is 1.30. The lowest BCUT2D eigenvalue weighted by atomic mass is 10.2. The fraction of sp³-hybridized carbons (Fsp3) is 0.333. The summed E-state index contributed by atoms with van der Waals surface area (Å²) in [6.45, 7) is 4.45. The monoisotopic (exact) mass is 190 g/mol. The second-order valence-corrected chi connectivity index (χ2v) is 4.59. The van der Waals surface area contributed by atoms with Crippen molar-refractivity contribution in [2.24, 2.45) is 5.92 Å². The molecule has 1 aromatic rings. The molecule has 0 heterocycles. The Morgan fingerprint density at radius 1 is 1.38 bits per heavy atom. The first kappa shape index (κ1) is 8.89. The average Bonchev–Trinajstić information content (AvgIpc) is 2.81.